The van der Waals surface area contributed by atoms with E-state index in [-0.39, 0.29) is 6.61 Å². The number of rotatable bonds is 12. The lowest BCUT2D eigenvalue weighted by atomic mass is 10.1. The van der Waals surface area contributed by atoms with Crippen LogP contribution in [0.5, 0.6) is 0 Å². The first-order valence-electron chi connectivity index (χ1n) is 13.1. The molecule has 0 spiro atoms. The summed E-state index contributed by atoms with van der Waals surface area (Å²) in [4.78, 5) is 13.0. The van der Waals surface area contributed by atoms with E-state index in [9.17, 15) is 4.79 Å². The molecule has 4 aromatic carbocycles. The monoisotopic (exact) mass is 524 g/mol. The zero-order chi connectivity index (χ0) is 26.7. The van der Waals surface area contributed by atoms with Crippen molar-refractivity contribution in [1.82, 2.24) is 0 Å². The van der Waals surface area contributed by atoms with Gasteiger partial charge in [-0.25, -0.2) is 4.79 Å². The highest BCUT2D eigenvalue weighted by molar-refractivity contribution is 5.89. The van der Waals surface area contributed by atoms with Gasteiger partial charge in [-0.1, -0.05) is 109 Å². The van der Waals surface area contributed by atoms with Gasteiger partial charge in [0.1, 0.15) is 18.3 Å². The Kier molecular flexibility index (Phi) is 9.50. The Bertz CT molecular complexity index is 1270. The van der Waals surface area contributed by atoms with Crippen LogP contribution in [0.2, 0.25) is 0 Å². The van der Waals surface area contributed by atoms with Gasteiger partial charge in [0.15, 0.2) is 0 Å². The van der Waals surface area contributed by atoms with Crippen LogP contribution in [-0.4, -0.2) is 37.2 Å². The van der Waals surface area contributed by atoms with E-state index in [0.29, 0.717) is 25.4 Å². The van der Waals surface area contributed by atoms with Crippen molar-refractivity contribution in [2.24, 2.45) is 0 Å². The summed E-state index contributed by atoms with van der Waals surface area (Å²) in [7, 11) is 0. The number of carbonyl (C=O) groups excluding carboxylic acids is 1. The third kappa shape index (κ3) is 7.62. The quantitative estimate of drug-likeness (QED) is 0.213. The second kappa shape index (κ2) is 13.8. The third-order valence-corrected chi connectivity index (χ3v) is 6.46. The van der Waals surface area contributed by atoms with Gasteiger partial charge in [-0.3, -0.25) is 0 Å². The van der Waals surface area contributed by atoms with Crippen molar-refractivity contribution in [3.05, 3.63) is 144 Å². The molecule has 39 heavy (non-hydrogen) atoms. The van der Waals surface area contributed by atoms with Gasteiger partial charge in [0.25, 0.3) is 0 Å². The molecule has 1 saturated heterocycles. The van der Waals surface area contributed by atoms with Crippen LogP contribution in [0.15, 0.2) is 121 Å². The van der Waals surface area contributed by atoms with Crippen molar-refractivity contribution in [2.75, 3.05) is 6.61 Å². The Morgan fingerprint density at radius 1 is 0.590 bits per heavy atom. The fourth-order valence-corrected chi connectivity index (χ4v) is 4.45. The van der Waals surface area contributed by atoms with E-state index in [0.717, 1.165) is 16.7 Å². The minimum absolute atomic E-state index is 0.249. The fraction of sp³-hybridized carbons (Fsp3) is 0.242. The molecule has 1 heterocycles. The summed E-state index contributed by atoms with van der Waals surface area (Å²) in [6, 6.07) is 38.6. The van der Waals surface area contributed by atoms with E-state index < -0.39 is 30.6 Å². The molecule has 1 aliphatic heterocycles. The van der Waals surface area contributed by atoms with E-state index in [2.05, 4.69) is 0 Å². The summed E-state index contributed by atoms with van der Waals surface area (Å²) in [5, 5.41) is 0. The van der Waals surface area contributed by atoms with Crippen molar-refractivity contribution in [3.8, 4) is 0 Å². The van der Waals surface area contributed by atoms with Crippen LogP contribution < -0.4 is 0 Å². The molecule has 0 amide bonds. The van der Waals surface area contributed by atoms with Gasteiger partial charge in [0.2, 0.25) is 6.29 Å². The average Bonchev–Trinajstić information content (AvgIpc) is 3.32. The average molecular weight is 525 g/mol. The molecule has 4 aromatic rings. The normalized spacial score (nSPS) is 20.5. The van der Waals surface area contributed by atoms with Crippen LogP contribution in [-0.2, 0) is 43.5 Å². The first-order valence-corrected chi connectivity index (χ1v) is 13.1. The molecule has 0 saturated carbocycles. The molecule has 4 atom stereocenters. The molecule has 200 valence electrons. The maximum atomic E-state index is 13.0. The van der Waals surface area contributed by atoms with Gasteiger partial charge < -0.3 is 23.7 Å². The van der Waals surface area contributed by atoms with Gasteiger partial charge in [0.05, 0.1) is 32.0 Å². The summed E-state index contributed by atoms with van der Waals surface area (Å²) >= 11 is 0. The Hall–Kier alpha value is -3.81. The largest absolute Gasteiger partial charge is 0.429 e. The van der Waals surface area contributed by atoms with Gasteiger partial charge in [-0.2, -0.15) is 0 Å². The minimum Gasteiger partial charge on any atom is -0.429 e. The number of carbonyl (C=O) groups is 1. The molecule has 0 aliphatic carbocycles. The molecule has 1 aliphatic rings. The van der Waals surface area contributed by atoms with Crippen LogP contribution in [0, 0.1) is 0 Å². The first kappa shape index (κ1) is 26.8. The molecule has 4 unspecified atom stereocenters. The molecular formula is C33H32O6. The maximum Gasteiger partial charge on any atom is 0.340 e. The highest BCUT2D eigenvalue weighted by Gasteiger charge is 2.48. The number of ether oxygens (including phenoxy) is 5. The van der Waals surface area contributed by atoms with Crippen molar-refractivity contribution in [3.63, 3.8) is 0 Å². The summed E-state index contributed by atoms with van der Waals surface area (Å²) in [6.45, 7) is 1.35. The maximum absolute atomic E-state index is 13.0. The number of hydrogen-bond acceptors (Lipinski definition) is 6. The molecule has 0 bridgehead atoms. The van der Waals surface area contributed by atoms with Gasteiger partial charge in [0, 0.05) is 0 Å². The lowest BCUT2D eigenvalue weighted by molar-refractivity contribution is -0.157. The predicted octanol–water partition coefficient (Wildman–Crippen LogP) is 5.96. The van der Waals surface area contributed by atoms with Crippen LogP contribution in [0.1, 0.15) is 27.0 Å². The Morgan fingerprint density at radius 2 is 1.05 bits per heavy atom. The minimum atomic E-state index is -0.965. The van der Waals surface area contributed by atoms with Crippen molar-refractivity contribution < 1.29 is 28.5 Å². The van der Waals surface area contributed by atoms with E-state index >= 15 is 0 Å². The topological polar surface area (TPSA) is 63.2 Å². The number of benzene rings is 4. The molecule has 1 fully saturated rings. The lowest BCUT2D eigenvalue weighted by Gasteiger charge is -2.25. The van der Waals surface area contributed by atoms with Crippen LogP contribution in [0.4, 0.5) is 0 Å². The molecular weight excluding hydrogens is 492 g/mol. The zero-order valence-electron chi connectivity index (χ0n) is 21.6. The Balaban J connectivity index is 1.34. The van der Waals surface area contributed by atoms with Gasteiger partial charge in [-0.15, -0.1) is 0 Å². The van der Waals surface area contributed by atoms with E-state index in [1.54, 1.807) is 24.3 Å². The Morgan fingerprint density at radius 3 is 1.59 bits per heavy atom. The summed E-state index contributed by atoms with van der Waals surface area (Å²) in [6.07, 6.45) is -2.66. The van der Waals surface area contributed by atoms with Crippen LogP contribution in [0.3, 0.4) is 0 Å². The molecule has 0 radical (unpaired) electrons. The summed E-state index contributed by atoms with van der Waals surface area (Å²) in [5.74, 6) is -0.485. The highest BCUT2D eigenvalue weighted by Crippen LogP contribution is 2.30. The number of esters is 1. The molecule has 0 N–H and O–H groups in total. The van der Waals surface area contributed by atoms with E-state index in [1.165, 1.54) is 0 Å². The van der Waals surface area contributed by atoms with Crippen LogP contribution in [0.25, 0.3) is 0 Å². The predicted molar refractivity (Wildman–Crippen MR) is 147 cm³/mol. The number of hydrogen-bond donors (Lipinski definition) is 0. The molecule has 5 rings (SSSR count). The molecule has 6 heteroatoms. The second-order valence-electron chi connectivity index (χ2n) is 9.34. The molecule has 0 aromatic heterocycles. The van der Waals surface area contributed by atoms with Crippen molar-refractivity contribution >= 4 is 5.97 Å². The van der Waals surface area contributed by atoms with E-state index in [4.69, 9.17) is 23.7 Å². The first-order chi connectivity index (χ1) is 19.3. The van der Waals surface area contributed by atoms with Gasteiger partial charge in [-0.05, 0) is 28.8 Å². The van der Waals surface area contributed by atoms with Crippen molar-refractivity contribution in [2.45, 2.75) is 44.4 Å². The standard InChI is InChI=1S/C33H32O6/c34-32(28-19-11-4-12-20-28)39-33-31(37-23-27-17-9-3-10-18-27)30(36-22-26-15-7-2-8-16-26)29(38-33)24-35-21-25-13-5-1-6-14-25/h1-20,29-31,33H,21-24H2. The molecule has 6 nitrogen and oxygen atoms in total. The van der Waals surface area contributed by atoms with E-state index in [1.807, 2.05) is 97.1 Å². The third-order valence-electron chi connectivity index (χ3n) is 6.46. The summed E-state index contributed by atoms with van der Waals surface area (Å²) in [5.41, 5.74) is 3.51. The highest BCUT2D eigenvalue weighted by atomic mass is 16.7. The fourth-order valence-electron chi connectivity index (χ4n) is 4.45. The SMILES string of the molecule is O=C(OC1OC(COCc2ccccc2)C(OCc2ccccc2)C1OCc1ccccc1)c1ccccc1. The van der Waals surface area contributed by atoms with Crippen LogP contribution >= 0.6 is 0 Å². The van der Waals surface area contributed by atoms with Gasteiger partial charge >= 0.3 is 5.97 Å². The second-order valence-corrected chi connectivity index (χ2v) is 9.34. The smallest absolute Gasteiger partial charge is 0.340 e. The Labute approximate surface area is 229 Å². The lowest BCUT2D eigenvalue weighted by Crippen LogP contribution is -2.40. The van der Waals surface area contributed by atoms with Crippen molar-refractivity contribution in [1.29, 1.82) is 0 Å². The summed E-state index contributed by atoms with van der Waals surface area (Å²) < 4.78 is 30.9. The zero-order valence-corrected chi connectivity index (χ0v) is 21.6.